The van der Waals surface area contributed by atoms with Crippen LogP contribution in [-0.2, 0) is 16.6 Å². The highest BCUT2D eigenvalue weighted by Crippen LogP contribution is 2.27. The SMILES string of the molecule is CCS(=O)(=O)N1CCCC(c2nc3ccc(NCc4ccccc4)cn3n2)C1. The van der Waals surface area contributed by atoms with E-state index in [0.29, 0.717) is 13.1 Å². The van der Waals surface area contributed by atoms with E-state index in [1.807, 2.05) is 36.5 Å². The molecule has 28 heavy (non-hydrogen) atoms. The van der Waals surface area contributed by atoms with Gasteiger partial charge in [0.1, 0.15) is 0 Å². The molecule has 1 unspecified atom stereocenters. The standard InChI is InChI=1S/C20H25N5O2S/c1-2-28(26,27)24-12-6-9-17(14-24)20-22-19-11-10-18(15-25(19)23-20)21-13-16-7-4-3-5-8-16/h3-5,7-8,10-11,15,17,21H,2,6,9,12-14H2,1H3. The van der Waals surface area contributed by atoms with Gasteiger partial charge >= 0.3 is 0 Å². The molecule has 1 N–H and O–H groups in total. The van der Waals surface area contributed by atoms with Crippen LogP contribution in [-0.4, -0.2) is 46.2 Å². The van der Waals surface area contributed by atoms with E-state index >= 15 is 0 Å². The molecule has 1 aliphatic heterocycles. The fourth-order valence-corrected chi connectivity index (χ4v) is 4.75. The van der Waals surface area contributed by atoms with Gasteiger partial charge in [-0.3, -0.25) is 0 Å². The Bertz CT molecular complexity index is 1050. The number of anilines is 1. The maximum Gasteiger partial charge on any atom is 0.213 e. The molecule has 1 aromatic carbocycles. The zero-order valence-corrected chi connectivity index (χ0v) is 16.8. The van der Waals surface area contributed by atoms with E-state index in [2.05, 4.69) is 27.5 Å². The lowest BCUT2D eigenvalue weighted by molar-refractivity contribution is 0.309. The summed E-state index contributed by atoms with van der Waals surface area (Å²) >= 11 is 0. The van der Waals surface area contributed by atoms with Gasteiger partial charge in [-0.15, -0.1) is 0 Å². The Kier molecular flexibility index (Phi) is 5.32. The predicted molar refractivity (Wildman–Crippen MR) is 110 cm³/mol. The molecule has 7 nitrogen and oxygen atoms in total. The van der Waals surface area contributed by atoms with Crippen molar-refractivity contribution in [2.45, 2.75) is 32.2 Å². The maximum atomic E-state index is 12.2. The molecule has 3 aromatic rings. The molecule has 0 radical (unpaired) electrons. The zero-order valence-electron chi connectivity index (χ0n) is 16.0. The van der Waals surface area contributed by atoms with Crippen LogP contribution in [0.2, 0.25) is 0 Å². The van der Waals surface area contributed by atoms with Crippen LogP contribution >= 0.6 is 0 Å². The van der Waals surface area contributed by atoms with Crippen LogP contribution < -0.4 is 5.32 Å². The highest BCUT2D eigenvalue weighted by Gasteiger charge is 2.30. The Hall–Kier alpha value is -2.45. The molecule has 8 heteroatoms. The second-order valence-electron chi connectivity index (χ2n) is 7.13. The number of piperidine rings is 1. The Morgan fingerprint density at radius 1 is 1.18 bits per heavy atom. The van der Waals surface area contributed by atoms with Crippen molar-refractivity contribution in [2.75, 3.05) is 24.2 Å². The fourth-order valence-electron chi connectivity index (χ4n) is 3.57. The van der Waals surface area contributed by atoms with Crippen molar-refractivity contribution in [1.82, 2.24) is 18.9 Å². The summed E-state index contributed by atoms with van der Waals surface area (Å²) in [5.41, 5.74) is 2.95. The van der Waals surface area contributed by atoms with E-state index in [9.17, 15) is 8.42 Å². The maximum absolute atomic E-state index is 12.2. The molecule has 2 aromatic heterocycles. The van der Waals surface area contributed by atoms with Crippen LogP contribution in [0.4, 0.5) is 5.69 Å². The summed E-state index contributed by atoms with van der Waals surface area (Å²) in [6.07, 6.45) is 3.67. The van der Waals surface area contributed by atoms with Crippen molar-refractivity contribution in [3.8, 4) is 0 Å². The Morgan fingerprint density at radius 3 is 2.79 bits per heavy atom. The molecule has 3 heterocycles. The van der Waals surface area contributed by atoms with Gasteiger partial charge in [0.25, 0.3) is 0 Å². The van der Waals surface area contributed by atoms with Gasteiger partial charge in [-0.25, -0.2) is 22.2 Å². The minimum Gasteiger partial charge on any atom is -0.380 e. The number of aromatic nitrogens is 3. The largest absolute Gasteiger partial charge is 0.380 e. The summed E-state index contributed by atoms with van der Waals surface area (Å²) < 4.78 is 27.8. The molecule has 4 rings (SSSR count). The lowest BCUT2D eigenvalue weighted by Crippen LogP contribution is -2.40. The minimum atomic E-state index is -3.17. The number of benzene rings is 1. The molecule has 0 amide bonds. The van der Waals surface area contributed by atoms with Gasteiger partial charge < -0.3 is 5.32 Å². The molecule has 1 fully saturated rings. The molecule has 0 bridgehead atoms. The zero-order chi connectivity index (χ0) is 19.6. The third-order valence-corrected chi connectivity index (χ3v) is 7.04. The molecule has 1 saturated heterocycles. The van der Waals surface area contributed by atoms with Gasteiger partial charge in [0.05, 0.1) is 17.6 Å². The third-order valence-electron chi connectivity index (χ3n) is 5.19. The number of nitrogens with zero attached hydrogens (tertiary/aromatic N) is 4. The predicted octanol–water partition coefficient (Wildman–Crippen LogP) is 2.87. The average molecular weight is 400 g/mol. The van der Waals surface area contributed by atoms with Crippen LogP contribution in [0, 0.1) is 0 Å². The first-order valence-corrected chi connectivity index (χ1v) is 11.3. The summed E-state index contributed by atoms with van der Waals surface area (Å²) in [6.45, 7) is 3.48. The van der Waals surface area contributed by atoms with E-state index in [1.54, 1.807) is 15.7 Å². The van der Waals surface area contributed by atoms with Crippen molar-refractivity contribution in [3.05, 3.63) is 60.0 Å². The quantitative estimate of drug-likeness (QED) is 0.689. The van der Waals surface area contributed by atoms with E-state index in [-0.39, 0.29) is 11.7 Å². The van der Waals surface area contributed by atoms with E-state index < -0.39 is 10.0 Å². The first kappa shape index (κ1) is 18.9. The fraction of sp³-hybridized carbons (Fsp3) is 0.400. The van der Waals surface area contributed by atoms with Gasteiger partial charge in [-0.05, 0) is 37.5 Å². The van der Waals surface area contributed by atoms with Gasteiger partial charge in [0.2, 0.25) is 10.0 Å². The second kappa shape index (κ2) is 7.89. The topological polar surface area (TPSA) is 79.6 Å². The van der Waals surface area contributed by atoms with Crippen molar-refractivity contribution < 1.29 is 8.42 Å². The highest BCUT2D eigenvalue weighted by molar-refractivity contribution is 7.89. The molecular formula is C20H25N5O2S. The first-order chi connectivity index (χ1) is 13.5. The number of sulfonamides is 1. The van der Waals surface area contributed by atoms with Crippen molar-refractivity contribution in [2.24, 2.45) is 0 Å². The van der Waals surface area contributed by atoms with Crippen LogP contribution in [0.5, 0.6) is 0 Å². The highest BCUT2D eigenvalue weighted by atomic mass is 32.2. The van der Waals surface area contributed by atoms with Crippen LogP contribution in [0.3, 0.4) is 0 Å². The number of nitrogens with one attached hydrogen (secondary N) is 1. The smallest absolute Gasteiger partial charge is 0.213 e. The van der Waals surface area contributed by atoms with Gasteiger partial charge in [-0.2, -0.15) is 5.10 Å². The molecule has 0 saturated carbocycles. The molecule has 1 aliphatic rings. The molecule has 1 atom stereocenters. The number of rotatable bonds is 6. The summed E-state index contributed by atoms with van der Waals surface area (Å²) in [7, 11) is -3.17. The third kappa shape index (κ3) is 4.02. The normalized spacial score (nSPS) is 18.4. The summed E-state index contributed by atoms with van der Waals surface area (Å²) in [6, 6.07) is 14.1. The van der Waals surface area contributed by atoms with Gasteiger partial charge in [-0.1, -0.05) is 30.3 Å². The lowest BCUT2D eigenvalue weighted by Gasteiger charge is -2.30. The second-order valence-corrected chi connectivity index (χ2v) is 9.39. The van der Waals surface area contributed by atoms with Crippen molar-refractivity contribution in [1.29, 1.82) is 0 Å². The van der Waals surface area contributed by atoms with Crippen LogP contribution in [0.1, 0.15) is 37.1 Å². The lowest BCUT2D eigenvalue weighted by atomic mass is 9.99. The monoisotopic (exact) mass is 399 g/mol. The van der Waals surface area contributed by atoms with Crippen molar-refractivity contribution in [3.63, 3.8) is 0 Å². The number of hydrogen-bond donors (Lipinski definition) is 1. The van der Waals surface area contributed by atoms with E-state index in [4.69, 9.17) is 0 Å². The van der Waals surface area contributed by atoms with Crippen LogP contribution in [0.25, 0.3) is 5.65 Å². The summed E-state index contributed by atoms with van der Waals surface area (Å²) in [4.78, 5) is 4.64. The average Bonchev–Trinajstić information content (AvgIpc) is 3.16. The number of hydrogen-bond acceptors (Lipinski definition) is 5. The van der Waals surface area contributed by atoms with Gasteiger partial charge in [0.15, 0.2) is 11.5 Å². The molecular weight excluding hydrogens is 374 g/mol. The first-order valence-electron chi connectivity index (χ1n) is 9.67. The van der Waals surface area contributed by atoms with Crippen molar-refractivity contribution >= 4 is 21.4 Å². The Balaban J connectivity index is 1.50. The van der Waals surface area contributed by atoms with Gasteiger partial charge in [0, 0.05) is 25.6 Å². The summed E-state index contributed by atoms with van der Waals surface area (Å²) in [5, 5.41) is 8.04. The van der Waals surface area contributed by atoms with Crippen LogP contribution in [0.15, 0.2) is 48.7 Å². The van der Waals surface area contributed by atoms with E-state index in [1.165, 1.54) is 5.56 Å². The number of fused-ring (bicyclic) bond motifs is 1. The Labute approximate surface area is 165 Å². The summed E-state index contributed by atoms with van der Waals surface area (Å²) in [5.74, 6) is 0.890. The Morgan fingerprint density at radius 2 is 2.00 bits per heavy atom. The van der Waals surface area contributed by atoms with E-state index in [0.717, 1.165) is 36.5 Å². The molecule has 148 valence electrons. The molecule has 0 spiro atoms. The number of pyridine rings is 1. The molecule has 0 aliphatic carbocycles. The minimum absolute atomic E-state index is 0.0377.